The number of likely N-dealkylation sites (tertiary alicyclic amines) is 1. The van der Waals surface area contributed by atoms with E-state index in [1.54, 1.807) is 0 Å². The van der Waals surface area contributed by atoms with Crippen molar-refractivity contribution in [2.75, 3.05) is 19.6 Å². The van der Waals surface area contributed by atoms with Crippen LogP contribution in [0.2, 0.25) is 0 Å². The van der Waals surface area contributed by atoms with Crippen LogP contribution in [0.25, 0.3) is 0 Å². The molecular formula is C30H45N. The molecule has 1 aliphatic heterocycles. The molecule has 2 aromatic carbocycles. The fraction of sp³-hybridized carbons (Fsp3) is 0.533. The zero-order valence-corrected chi connectivity index (χ0v) is 20.7. The number of benzene rings is 2. The number of hydrogen-bond acceptors (Lipinski definition) is 1. The van der Waals surface area contributed by atoms with Gasteiger partial charge >= 0.3 is 0 Å². The molecule has 1 atom stereocenters. The summed E-state index contributed by atoms with van der Waals surface area (Å²) in [6.45, 7) is 19.0. The van der Waals surface area contributed by atoms with E-state index in [0.29, 0.717) is 5.92 Å². The molecule has 170 valence electrons. The molecule has 1 nitrogen and oxygen atoms in total. The van der Waals surface area contributed by atoms with Gasteiger partial charge in [0.25, 0.3) is 0 Å². The smallest absolute Gasteiger partial charge is 0.00102 e. The maximum Gasteiger partial charge on any atom is -0.00102 e. The van der Waals surface area contributed by atoms with Gasteiger partial charge in [-0.05, 0) is 85.7 Å². The highest BCUT2D eigenvalue weighted by Crippen LogP contribution is 2.45. The molecule has 1 saturated heterocycles. The van der Waals surface area contributed by atoms with Gasteiger partial charge in [-0.15, -0.1) is 6.58 Å². The van der Waals surface area contributed by atoms with Crippen molar-refractivity contribution >= 4 is 0 Å². The van der Waals surface area contributed by atoms with Crippen LogP contribution in [-0.4, -0.2) is 24.5 Å². The second-order valence-corrected chi connectivity index (χ2v) is 9.87. The molecule has 1 fully saturated rings. The van der Waals surface area contributed by atoms with Crippen LogP contribution < -0.4 is 0 Å². The van der Waals surface area contributed by atoms with Crippen LogP contribution in [0.1, 0.15) is 76.5 Å². The first-order valence-corrected chi connectivity index (χ1v) is 12.4. The number of nitrogens with zero attached hydrogens (tertiary/aromatic N) is 1. The van der Waals surface area contributed by atoms with Gasteiger partial charge in [-0.3, -0.25) is 0 Å². The van der Waals surface area contributed by atoms with E-state index < -0.39 is 0 Å². The Balaban J connectivity index is 0.000000785. The molecule has 0 saturated carbocycles. The van der Waals surface area contributed by atoms with E-state index in [1.165, 1.54) is 62.0 Å². The minimum absolute atomic E-state index is 0.243. The molecule has 0 spiro atoms. The number of allylic oxidation sites excluding steroid dienone is 1. The van der Waals surface area contributed by atoms with E-state index in [-0.39, 0.29) is 5.41 Å². The van der Waals surface area contributed by atoms with Crippen molar-refractivity contribution < 1.29 is 0 Å². The topological polar surface area (TPSA) is 3.24 Å². The summed E-state index contributed by atoms with van der Waals surface area (Å²) in [5, 5.41) is 0. The lowest BCUT2D eigenvalue weighted by atomic mass is 9.67. The van der Waals surface area contributed by atoms with E-state index in [2.05, 4.69) is 107 Å². The van der Waals surface area contributed by atoms with E-state index in [0.717, 1.165) is 12.3 Å². The second-order valence-electron chi connectivity index (χ2n) is 9.87. The monoisotopic (exact) mass is 419 g/mol. The SMILES string of the molecule is C=CC1(C(C)c2ccccc2)CCN(CCCc2ccccc2CC)CC1.CC(C)C. The van der Waals surface area contributed by atoms with Crippen molar-refractivity contribution in [2.24, 2.45) is 11.3 Å². The van der Waals surface area contributed by atoms with Crippen molar-refractivity contribution in [3.05, 3.63) is 83.9 Å². The molecule has 1 aliphatic rings. The van der Waals surface area contributed by atoms with Gasteiger partial charge in [0.15, 0.2) is 0 Å². The highest BCUT2D eigenvalue weighted by molar-refractivity contribution is 5.27. The molecule has 3 rings (SSSR count). The number of piperidine rings is 1. The lowest BCUT2D eigenvalue weighted by molar-refractivity contribution is 0.121. The fourth-order valence-electron chi connectivity index (χ4n) is 4.72. The Hall–Kier alpha value is -1.86. The molecule has 31 heavy (non-hydrogen) atoms. The van der Waals surface area contributed by atoms with Gasteiger partial charge in [0.2, 0.25) is 0 Å². The van der Waals surface area contributed by atoms with Crippen LogP contribution in [0.3, 0.4) is 0 Å². The number of aryl methyl sites for hydroxylation is 2. The maximum absolute atomic E-state index is 4.23. The highest BCUT2D eigenvalue weighted by atomic mass is 15.1. The minimum Gasteiger partial charge on any atom is -0.303 e. The molecule has 2 aromatic rings. The van der Waals surface area contributed by atoms with Gasteiger partial charge in [0.1, 0.15) is 0 Å². The third kappa shape index (κ3) is 7.65. The van der Waals surface area contributed by atoms with Gasteiger partial charge in [0, 0.05) is 0 Å². The summed E-state index contributed by atoms with van der Waals surface area (Å²) in [5.74, 6) is 1.37. The number of hydrogen-bond donors (Lipinski definition) is 0. The van der Waals surface area contributed by atoms with E-state index in [4.69, 9.17) is 0 Å². The summed E-state index contributed by atoms with van der Waals surface area (Å²) in [6, 6.07) is 19.9. The summed E-state index contributed by atoms with van der Waals surface area (Å²) in [5.41, 5.74) is 4.74. The molecule has 1 unspecified atom stereocenters. The lowest BCUT2D eigenvalue weighted by Gasteiger charge is -2.44. The third-order valence-corrected chi connectivity index (χ3v) is 6.78. The first-order valence-electron chi connectivity index (χ1n) is 12.4. The van der Waals surface area contributed by atoms with Gasteiger partial charge < -0.3 is 4.90 Å². The summed E-state index contributed by atoms with van der Waals surface area (Å²) >= 11 is 0. The molecule has 0 radical (unpaired) electrons. The zero-order chi connectivity index (χ0) is 22.7. The Bertz CT molecular complexity index is 750. The Labute approximate surface area is 192 Å². The normalized spacial score (nSPS) is 17.0. The third-order valence-electron chi connectivity index (χ3n) is 6.78. The number of rotatable bonds is 8. The maximum atomic E-state index is 4.23. The molecule has 0 N–H and O–H groups in total. The average molecular weight is 420 g/mol. The molecule has 1 heterocycles. The Kier molecular flexibility index (Phi) is 10.5. The van der Waals surface area contributed by atoms with Crippen LogP contribution in [-0.2, 0) is 12.8 Å². The molecule has 0 bridgehead atoms. The summed E-state index contributed by atoms with van der Waals surface area (Å²) in [4.78, 5) is 2.66. The van der Waals surface area contributed by atoms with E-state index >= 15 is 0 Å². The van der Waals surface area contributed by atoms with Crippen LogP contribution in [0.5, 0.6) is 0 Å². The zero-order valence-electron chi connectivity index (χ0n) is 20.7. The van der Waals surface area contributed by atoms with Crippen molar-refractivity contribution in [1.29, 1.82) is 0 Å². The minimum atomic E-state index is 0.243. The molecule has 0 amide bonds. The van der Waals surface area contributed by atoms with Gasteiger partial charge in [-0.25, -0.2) is 0 Å². The van der Waals surface area contributed by atoms with Gasteiger partial charge in [0.05, 0.1) is 0 Å². The van der Waals surface area contributed by atoms with Crippen molar-refractivity contribution in [3.63, 3.8) is 0 Å². The van der Waals surface area contributed by atoms with E-state index in [9.17, 15) is 0 Å². The molecule has 1 heteroatoms. The largest absolute Gasteiger partial charge is 0.303 e. The van der Waals surface area contributed by atoms with Crippen LogP contribution in [0, 0.1) is 11.3 Å². The Morgan fingerprint density at radius 3 is 2.00 bits per heavy atom. The van der Waals surface area contributed by atoms with Crippen LogP contribution in [0.15, 0.2) is 67.3 Å². The lowest BCUT2D eigenvalue weighted by Crippen LogP contribution is -2.42. The van der Waals surface area contributed by atoms with Gasteiger partial charge in [-0.1, -0.05) is 95.3 Å². The average Bonchev–Trinajstić information content (AvgIpc) is 2.79. The summed E-state index contributed by atoms with van der Waals surface area (Å²) in [7, 11) is 0. The quantitative estimate of drug-likeness (QED) is 0.393. The van der Waals surface area contributed by atoms with E-state index in [1.807, 2.05) is 0 Å². The first kappa shape index (κ1) is 25.4. The highest BCUT2D eigenvalue weighted by Gasteiger charge is 2.37. The van der Waals surface area contributed by atoms with Crippen LogP contribution in [0.4, 0.5) is 0 Å². The predicted molar refractivity (Wildman–Crippen MR) is 138 cm³/mol. The van der Waals surface area contributed by atoms with Crippen molar-refractivity contribution in [2.45, 2.75) is 72.6 Å². The summed E-state index contributed by atoms with van der Waals surface area (Å²) in [6.07, 6.45) is 8.29. The van der Waals surface area contributed by atoms with Crippen molar-refractivity contribution in [1.82, 2.24) is 4.90 Å². The summed E-state index contributed by atoms with van der Waals surface area (Å²) < 4.78 is 0. The van der Waals surface area contributed by atoms with Crippen LogP contribution >= 0.6 is 0 Å². The fourth-order valence-corrected chi connectivity index (χ4v) is 4.72. The second kappa shape index (κ2) is 12.9. The molecule has 0 aliphatic carbocycles. The Morgan fingerprint density at radius 1 is 0.903 bits per heavy atom. The molecule has 0 aromatic heterocycles. The van der Waals surface area contributed by atoms with Crippen molar-refractivity contribution in [3.8, 4) is 0 Å². The van der Waals surface area contributed by atoms with Gasteiger partial charge in [-0.2, -0.15) is 0 Å². The molecular weight excluding hydrogens is 374 g/mol. The predicted octanol–water partition coefficient (Wildman–Crippen LogP) is 7.92. The Morgan fingerprint density at radius 2 is 1.45 bits per heavy atom. The first-order chi connectivity index (χ1) is 14.9. The standard InChI is InChI=1S/C26H35N.C4H10/c1-4-23-12-9-10-15-25(23)16-11-19-27-20-17-26(5-2,18-21-27)22(3)24-13-7-6-8-14-24;1-4(2)3/h5-10,12-15,22H,2,4,11,16-21H2,1,3H3;4H,1-3H3.